The Bertz CT molecular complexity index is 630. The van der Waals surface area contributed by atoms with Gasteiger partial charge in [0.05, 0.1) is 5.69 Å². The molecule has 121 valence electrons. The molecule has 1 aromatic heterocycles. The Hall–Kier alpha value is -2.34. The first kappa shape index (κ1) is 15.6. The molecule has 2 aromatic rings. The van der Waals surface area contributed by atoms with E-state index in [-0.39, 0.29) is 5.91 Å². The highest BCUT2D eigenvalue weighted by atomic mass is 16.2. The summed E-state index contributed by atoms with van der Waals surface area (Å²) in [6.45, 7) is 7.32. The number of benzene rings is 1. The van der Waals surface area contributed by atoms with E-state index >= 15 is 0 Å². The van der Waals surface area contributed by atoms with Crippen LogP contribution in [-0.4, -0.2) is 64.8 Å². The van der Waals surface area contributed by atoms with E-state index in [2.05, 4.69) is 29.3 Å². The zero-order valence-electron chi connectivity index (χ0n) is 13.4. The minimum absolute atomic E-state index is 0.0502. The van der Waals surface area contributed by atoms with Crippen LogP contribution in [0, 0.1) is 6.92 Å². The van der Waals surface area contributed by atoms with Gasteiger partial charge in [0, 0.05) is 44.3 Å². The highest BCUT2D eigenvalue weighted by Crippen LogP contribution is 2.14. The molecule has 2 heterocycles. The number of hydrogen-bond acceptors (Lipinski definition) is 4. The first-order valence-electron chi connectivity index (χ1n) is 7.80. The SMILES string of the molecule is [CH2][C@H](Nc1ccc(-n2cccn2)cc1)C(=O)N1CCN(C)CC1. The molecule has 1 fully saturated rings. The van der Waals surface area contributed by atoms with Crippen LogP contribution in [0.5, 0.6) is 0 Å². The second kappa shape index (κ2) is 6.83. The average Bonchev–Trinajstić information content (AvgIpc) is 3.10. The molecule has 0 aliphatic carbocycles. The molecular formula is C17H22N5O. The van der Waals surface area contributed by atoms with Crippen molar-refractivity contribution >= 4 is 11.6 Å². The lowest BCUT2D eigenvalue weighted by Gasteiger charge is -2.34. The van der Waals surface area contributed by atoms with Gasteiger partial charge in [0.25, 0.3) is 0 Å². The molecule has 6 heteroatoms. The number of anilines is 1. The number of likely N-dealkylation sites (N-methyl/N-ethyl adjacent to an activating group) is 1. The topological polar surface area (TPSA) is 53.4 Å². The van der Waals surface area contributed by atoms with Gasteiger partial charge in [0.1, 0.15) is 6.04 Å². The van der Waals surface area contributed by atoms with Gasteiger partial charge in [-0.2, -0.15) is 5.10 Å². The van der Waals surface area contributed by atoms with E-state index in [0.29, 0.717) is 0 Å². The molecule has 6 nitrogen and oxygen atoms in total. The third-order valence-corrected chi connectivity index (χ3v) is 4.09. The minimum atomic E-state index is -0.478. The molecule has 1 saturated heterocycles. The van der Waals surface area contributed by atoms with Crippen LogP contribution < -0.4 is 5.32 Å². The largest absolute Gasteiger partial charge is 0.374 e. The van der Waals surface area contributed by atoms with E-state index in [9.17, 15) is 4.79 Å². The lowest BCUT2D eigenvalue weighted by atomic mass is 10.2. The molecule has 3 rings (SSSR count). The molecule has 1 aromatic carbocycles. The van der Waals surface area contributed by atoms with Crippen molar-refractivity contribution in [2.45, 2.75) is 6.04 Å². The molecule has 0 saturated carbocycles. The van der Waals surface area contributed by atoms with Gasteiger partial charge in [-0.3, -0.25) is 4.79 Å². The summed E-state index contributed by atoms with van der Waals surface area (Å²) < 4.78 is 1.79. The number of carbonyl (C=O) groups excluding carboxylic acids is 1. The van der Waals surface area contributed by atoms with Gasteiger partial charge in [0.2, 0.25) is 5.91 Å². The summed E-state index contributed by atoms with van der Waals surface area (Å²) in [6.07, 6.45) is 3.64. The third-order valence-electron chi connectivity index (χ3n) is 4.09. The molecule has 1 amide bonds. The van der Waals surface area contributed by atoms with E-state index in [0.717, 1.165) is 37.6 Å². The zero-order chi connectivity index (χ0) is 16.2. The summed E-state index contributed by atoms with van der Waals surface area (Å²) in [5.74, 6) is 0.0502. The van der Waals surface area contributed by atoms with Gasteiger partial charge < -0.3 is 15.1 Å². The van der Waals surface area contributed by atoms with E-state index in [4.69, 9.17) is 0 Å². The maximum absolute atomic E-state index is 12.4. The van der Waals surface area contributed by atoms with Crippen LogP contribution in [0.25, 0.3) is 5.69 Å². The van der Waals surface area contributed by atoms with Crippen molar-refractivity contribution in [3.05, 3.63) is 49.6 Å². The fourth-order valence-electron chi connectivity index (χ4n) is 2.64. The Balaban J connectivity index is 1.59. The van der Waals surface area contributed by atoms with Crippen LogP contribution in [-0.2, 0) is 4.79 Å². The number of rotatable bonds is 4. The Kier molecular flexibility index (Phi) is 4.62. The van der Waals surface area contributed by atoms with Gasteiger partial charge in [-0.25, -0.2) is 4.68 Å². The lowest BCUT2D eigenvalue weighted by Crippen LogP contribution is -2.51. The predicted molar refractivity (Wildman–Crippen MR) is 90.4 cm³/mol. The molecule has 1 aliphatic heterocycles. The van der Waals surface area contributed by atoms with Crippen molar-refractivity contribution < 1.29 is 4.79 Å². The number of amides is 1. The Labute approximate surface area is 136 Å². The normalized spacial score (nSPS) is 17.0. The monoisotopic (exact) mass is 312 g/mol. The highest BCUT2D eigenvalue weighted by molar-refractivity contribution is 5.85. The minimum Gasteiger partial charge on any atom is -0.374 e. The molecule has 0 unspecified atom stereocenters. The van der Waals surface area contributed by atoms with Crippen LogP contribution in [0.1, 0.15) is 0 Å². The predicted octanol–water partition coefficient (Wildman–Crippen LogP) is 1.26. The standard InChI is InChI=1S/C17H22N5O/c1-14(17(23)21-12-10-20(2)11-13-21)19-15-4-6-16(7-5-15)22-9-3-8-18-22/h3-9,14,19H,1,10-13H2,2H3/t14-/m0/s1. The number of piperazine rings is 1. The van der Waals surface area contributed by atoms with E-state index in [1.165, 1.54) is 0 Å². The lowest BCUT2D eigenvalue weighted by molar-refractivity contribution is -0.132. The van der Waals surface area contributed by atoms with Crippen molar-refractivity contribution in [3.8, 4) is 5.69 Å². The summed E-state index contributed by atoms with van der Waals surface area (Å²) in [7, 11) is 2.07. The summed E-state index contributed by atoms with van der Waals surface area (Å²) >= 11 is 0. The summed E-state index contributed by atoms with van der Waals surface area (Å²) in [5.41, 5.74) is 1.86. The fourth-order valence-corrected chi connectivity index (χ4v) is 2.64. The maximum Gasteiger partial charge on any atom is 0.245 e. The van der Waals surface area contributed by atoms with Crippen molar-refractivity contribution in [1.82, 2.24) is 19.6 Å². The molecular weight excluding hydrogens is 290 g/mol. The molecule has 23 heavy (non-hydrogen) atoms. The highest BCUT2D eigenvalue weighted by Gasteiger charge is 2.23. The number of aromatic nitrogens is 2. The Morgan fingerprint density at radius 2 is 1.91 bits per heavy atom. The van der Waals surface area contributed by atoms with Crippen LogP contribution in [0.15, 0.2) is 42.7 Å². The van der Waals surface area contributed by atoms with Crippen LogP contribution >= 0.6 is 0 Å². The van der Waals surface area contributed by atoms with Gasteiger partial charge in [0.15, 0.2) is 0 Å². The van der Waals surface area contributed by atoms with Gasteiger partial charge in [-0.05, 0) is 44.3 Å². The van der Waals surface area contributed by atoms with E-state index in [1.807, 2.05) is 41.4 Å². The van der Waals surface area contributed by atoms with Crippen molar-refractivity contribution in [2.24, 2.45) is 0 Å². The molecule has 1 N–H and O–H groups in total. The number of nitrogens with one attached hydrogen (secondary N) is 1. The molecule has 0 spiro atoms. The summed E-state index contributed by atoms with van der Waals surface area (Å²) in [5, 5.41) is 7.37. The van der Waals surface area contributed by atoms with Crippen molar-refractivity contribution in [1.29, 1.82) is 0 Å². The van der Waals surface area contributed by atoms with Gasteiger partial charge in [-0.1, -0.05) is 0 Å². The van der Waals surface area contributed by atoms with E-state index in [1.54, 1.807) is 10.9 Å². The number of carbonyl (C=O) groups is 1. The Morgan fingerprint density at radius 1 is 1.22 bits per heavy atom. The smallest absolute Gasteiger partial charge is 0.245 e. The second-order valence-corrected chi connectivity index (χ2v) is 5.82. The first-order chi connectivity index (χ1) is 11.1. The zero-order valence-corrected chi connectivity index (χ0v) is 13.4. The van der Waals surface area contributed by atoms with Crippen molar-refractivity contribution in [2.75, 3.05) is 38.5 Å². The Morgan fingerprint density at radius 3 is 2.52 bits per heavy atom. The van der Waals surface area contributed by atoms with E-state index < -0.39 is 6.04 Å². The summed E-state index contributed by atoms with van der Waals surface area (Å²) in [6, 6.07) is 9.20. The molecule has 0 bridgehead atoms. The van der Waals surface area contributed by atoms with Crippen LogP contribution in [0.3, 0.4) is 0 Å². The second-order valence-electron chi connectivity index (χ2n) is 5.82. The van der Waals surface area contributed by atoms with Gasteiger partial charge in [-0.15, -0.1) is 0 Å². The van der Waals surface area contributed by atoms with Crippen molar-refractivity contribution in [3.63, 3.8) is 0 Å². The first-order valence-corrected chi connectivity index (χ1v) is 7.80. The van der Waals surface area contributed by atoms with Crippen LogP contribution in [0.4, 0.5) is 5.69 Å². The number of nitrogens with zero attached hydrogens (tertiary/aromatic N) is 4. The number of hydrogen-bond donors (Lipinski definition) is 1. The quantitative estimate of drug-likeness (QED) is 0.923. The molecule has 1 aliphatic rings. The fraction of sp³-hybridized carbons (Fsp3) is 0.353. The average molecular weight is 312 g/mol. The van der Waals surface area contributed by atoms with Crippen LogP contribution in [0.2, 0.25) is 0 Å². The molecule has 1 radical (unpaired) electrons. The molecule has 1 atom stereocenters. The maximum atomic E-state index is 12.4. The summed E-state index contributed by atoms with van der Waals surface area (Å²) in [4.78, 5) is 16.5. The third kappa shape index (κ3) is 3.71. The van der Waals surface area contributed by atoms with Gasteiger partial charge >= 0.3 is 0 Å².